The minimum Gasteiger partial charge on any atom is -0.310 e. The van der Waals surface area contributed by atoms with Crippen LogP contribution >= 0.6 is 23.5 Å². The summed E-state index contributed by atoms with van der Waals surface area (Å²) in [6, 6.07) is -0.0186. The Morgan fingerprint density at radius 1 is 0.649 bits per heavy atom. The van der Waals surface area contributed by atoms with Gasteiger partial charge < -0.3 is 9.13 Å². The van der Waals surface area contributed by atoms with E-state index in [2.05, 4.69) is 9.97 Å². The highest BCUT2D eigenvalue weighted by Gasteiger charge is 2.24. The quantitative estimate of drug-likeness (QED) is 0.242. The predicted molar refractivity (Wildman–Crippen MR) is 147 cm³/mol. The van der Waals surface area contributed by atoms with Gasteiger partial charge in [0.25, 0.3) is 11.1 Å². The average Bonchev–Trinajstić information content (AvgIpc) is 3.47. The van der Waals surface area contributed by atoms with E-state index in [1.165, 1.54) is 46.8 Å². The van der Waals surface area contributed by atoms with Gasteiger partial charge in [-0.05, 0) is 26.7 Å². The van der Waals surface area contributed by atoms with E-state index in [1.807, 2.05) is 36.8 Å². The Bertz CT molecular complexity index is 1630. The van der Waals surface area contributed by atoms with Gasteiger partial charge in [-0.2, -0.15) is 0 Å². The summed E-state index contributed by atoms with van der Waals surface area (Å²) in [7, 11) is 6.16. The second-order valence-electron chi connectivity index (χ2n) is 9.21. The lowest BCUT2D eigenvalue weighted by atomic mass is 10.2. The van der Waals surface area contributed by atoms with Crippen molar-refractivity contribution in [3.8, 4) is 0 Å². The lowest BCUT2D eigenvalue weighted by molar-refractivity contribution is 0.503. The maximum atomic E-state index is 13.0. The Hall–Kier alpha value is -3.00. The molecule has 0 N–H and O–H groups in total. The van der Waals surface area contributed by atoms with Crippen LogP contribution in [0, 0.1) is 0 Å². The Kier molecular flexibility index (Phi) is 7.34. The van der Waals surface area contributed by atoms with Crippen LogP contribution in [0.5, 0.6) is 0 Å². The van der Waals surface area contributed by atoms with Crippen molar-refractivity contribution in [2.45, 2.75) is 62.9 Å². The Morgan fingerprint density at radius 2 is 1.00 bits per heavy atom. The van der Waals surface area contributed by atoms with E-state index in [-0.39, 0.29) is 23.2 Å². The van der Waals surface area contributed by atoms with Crippen LogP contribution in [-0.4, -0.2) is 42.5 Å². The average molecular weight is 549 g/mol. The largest absolute Gasteiger partial charge is 0.332 e. The Morgan fingerprint density at radius 3 is 1.32 bits per heavy atom. The van der Waals surface area contributed by atoms with Crippen LogP contribution in [0.4, 0.5) is 0 Å². The van der Waals surface area contributed by atoms with Gasteiger partial charge in [0.05, 0.1) is 5.08 Å². The summed E-state index contributed by atoms with van der Waals surface area (Å²) < 4.78 is 8.80. The van der Waals surface area contributed by atoms with Crippen molar-refractivity contribution in [2.24, 2.45) is 28.2 Å². The molecule has 0 saturated carbocycles. The molecule has 12 nitrogen and oxygen atoms in total. The first kappa shape index (κ1) is 27.0. The van der Waals surface area contributed by atoms with Crippen molar-refractivity contribution in [3.63, 3.8) is 0 Å². The van der Waals surface area contributed by atoms with Crippen LogP contribution < -0.4 is 22.5 Å². The van der Waals surface area contributed by atoms with Gasteiger partial charge in [0.15, 0.2) is 32.6 Å². The zero-order chi connectivity index (χ0) is 27.3. The monoisotopic (exact) mass is 548 g/mol. The second kappa shape index (κ2) is 10.0. The zero-order valence-electron chi connectivity index (χ0n) is 22.3. The van der Waals surface area contributed by atoms with Gasteiger partial charge in [0.1, 0.15) is 0 Å². The van der Waals surface area contributed by atoms with E-state index >= 15 is 0 Å². The van der Waals surface area contributed by atoms with Crippen molar-refractivity contribution in [2.75, 3.05) is 5.08 Å². The number of nitrogens with zero attached hydrogens (tertiary/aromatic N) is 8. The molecule has 0 aliphatic heterocycles. The molecule has 0 aliphatic rings. The predicted octanol–water partition coefficient (Wildman–Crippen LogP) is 1.96. The molecule has 0 unspecified atom stereocenters. The normalized spacial score (nSPS) is 13.6. The minimum absolute atomic E-state index is 0.00932. The molecule has 14 heteroatoms. The molecule has 0 spiro atoms. The highest BCUT2D eigenvalue weighted by molar-refractivity contribution is 8.15. The van der Waals surface area contributed by atoms with Crippen LogP contribution in [0.3, 0.4) is 0 Å². The van der Waals surface area contributed by atoms with Gasteiger partial charge in [-0.15, -0.1) is 0 Å². The number of hydrogen-bond acceptors (Lipinski definition) is 8. The molecule has 0 fully saturated rings. The molecule has 0 amide bonds. The molecule has 0 saturated heterocycles. The van der Waals surface area contributed by atoms with E-state index in [9.17, 15) is 19.2 Å². The smallest absolute Gasteiger partial charge is 0.310 e. The third-order valence-electron chi connectivity index (χ3n) is 6.96. The van der Waals surface area contributed by atoms with Gasteiger partial charge in [0, 0.05) is 40.3 Å². The summed E-state index contributed by atoms with van der Waals surface area (Å²) in [6.07, 6.45) is 1.55. The molecule has 200 valence electrons. The number of fused-ring (bicyclic) bond motifs is 2. The van der Waals surface area contributed by atoms with E-state index in [1.54, 1.807) is 14.1 Å². The first-order valence-corrected chi connectivity index (χ1v) is 14.0. The fourth-order valence-electron chi connectivity index (χ4n) is 4.31. The number of rotatable bonds is 8. The van der Waals surface area contributed by atoms with Crippen LogP contribution in [-0.2, 0) is 28.2 Å². The lowest BCUT2D eigenvalue weighted by Crippen LogP contribution is -2.37. The number of aromatic nitrogens is 8. The third kappa shape index (κ3) is 4.19. The fourth-order valence-corrected chi connectivity index (χ4v) is 6.51. The highest BCUT2D eigenvalue weighted by atomic mass is 32.2. The first-order chi connectivity index (χ1) is 17.5. The molecular formula is C23H32N8O4S2. The Labute approximate surface area is 220 Å². The minimum atomic E-state index is -0.424. The molecule has 37 heavy (non-hydrogen) atoms. The zero-order valence-corrected chi connectivity index (χ0v) is 23.9. The van der Waals surface area contributed by atoms with Crippen molar-refractivity contribution in [1.29, 1.82) is 0 Å². The highest BCUT2D eigenvalue weighted by Crippen LogP contribution is 2.33. The van der Waals surface area contributed by atoms with Crippen molar-refractivity contribution >= 4 is 45.9 Å². The van der Waals surface area contributed by atoms with Gasteiger partial charge in [-0.1, -0.05) is 37.4 Å². The first-order valence-electron chi connectivity index (χ1n) is 12.1. The van der Waals surface area contributed by atoms with E-state index in [4.69, 9.17) is 0 Å². The molecule has 4 aromatic rings. The second-order valence-corrected chi connectivity index (χ2v) is 11.5. The van der Waals surface area contributed by atoms with Gasteiger partial charge in [-0.25, -0.2) is 19.6 Å². The molecule has 4 aromatic heterocycles. The lowest BCUT2D eigenvalue weighted by Gasteiger charge is -2.16. The van der Waals surface area contributed by atoms with E-state index in [0.717, 1.165) is 22.0 Å². The molecular weight excluding hydrogens is 516 g/mol. The van der Waals surface area contributed by atoms with Crippen LogP contribution in [0.25, 0.3) is 22.3 Å². The molecule has 0 aliphatic carbocycles. The number of hydrogen-bond donors (Lipinski definition) is 0. The van der Waals surface area contributed by atoms with Gasteiger partial charge in [0.2, 0.25) is 0 Å². The summed E-state index contributed by atoms with van der Waals surface area (Å²) in [6.45, 7) is 8.10. The SMILES string of the molecule is CC[C@@H](C)n1c(SCSc2nc3c(c(=O)n(C)c(=O)n3C)n2[C@H](C)CC)nc2c1c(=O)n(C)c(=O)n2C. The molecule has 0 radical (unpaired) electrons. The molecule has 0 bridgehead atoms. The molecule has 4 rings (SSSR count). The fraction of sp³-hybridized carbons (Fsp3) is 0.565. The number of imidazole rings is 2. The topological polar surface area (TPSA) is 124 Å². The van der Waals surface area contributed by atoms with Gasteiger partial charge in [-0.3, -0.25) is 27.9 Å². The molecule has 4 heterocycles. The maximum Gasteiger partial charge on any atom is 0.332 e. The summed E-state index contributed by atoms with van der Waals surface area (Å²) >= 11 is 2.88. The maximum absolute atomic E-state index is 13.0. The van der Waals surface area contributed by atoms with Crippen molar-refractivity contribution < 1.29 is 0 Å². The Balaban J connectivity index is 1.79. The number of aryl methyl sites for hydroxylation is 2. The van der Waals surface area contributed by atoms with Crippen molar-refractivity contribution in [1.82, 2.24) is 37.4 Å². The standard InChI is InChI=1S/C23H32N8O4S2/c1-9-12(3)30-14-16(26(5)22(34)28(7)18(14)32)24-20(30)36-11-37-21-25-17-15(31(21)13(4)10-2)19(33)29(8)23(35)27(17)6/h12-13H,9-11H2,1-8H3/t12-,13-/m1/s1. The molecule has 2 atom stereocenters. The molecule has 0 aromatic carbocycles. The third-order valence-corrected chi connectivity index (χ3v) is 8.99. The summed E-state index contributed by atoms with van der Waals surface area (Å²) in [5, 5.41) is 1.75. The van der Waals surface area contributed by atoms with E-state index in [0.29, 0.717) is 37.7 Å². The van der Waals surface area contributed by atoms with Crippen molar-refractivity contribution in [3.05, 3.63) is 41.7 Å². The van der Waals surface area contributed by atoms with Gasteiger partial charge >= 0.3 is 11.4 Å². The van der Waals surface area contributed by atoms with Crippen LogP contribution in [0.1, 0.15) is 52.6 Å². The van der Waals surface area contributed by atoms with Crippen LogP contribution in [0.15, 0.2) is 29.5 Å². The summed E-state index contributed by atoms with van der Waals surface area (Å²) in [5.74, 6) is 0. The summed E-state index contributed by atoms with van der Waals surface area (Å²) in [5.41, 5.74) is -0.0918. The number of thioether (sulfide) groups is 2. The van der Waals surface area contributed by atoms with E-state index < -0.39 is 11.4 Å². The summed E-state index contributed by atoms with van der Waals surface area (Å²) in [4.78, 5) is 60.4. The van der Waals surface area contributed by atoms with Crippen LogP contribution in [0.2, 0.25) is 0 Å².